The largest absolute Gasteiger partial charge is 0.377 e. The maximum Gasteiger partial charge on any atom is 0.222 e. The van der Waals surface area contributed by atoms with Crippen molar-refractivity contribution in [3.63, 3.8) is 0 Å². The van der Waals surface area contributed by atoms with Crippen LogP contribution < -0.4 is 15.5 Å². The summed E-state index contributed by atoms with van der Waals surface area (Å²) in [6, 6.07) is 6.17. The molecule has 188 valence electrons. The van der Waals surface area contributed by atoms with Crippen molar-refractivity contribution in [1.29, 1.82) is 5.26 Å². The third-order valence-corrected chi connectivity index (χ3v) is 6.36. The number of nitriles is 1. The van der Waals surface area contributed by atoms with Gasteiger partial charge in [0.05, 0.1) is 30.5 Å². The highest BCUT2D eigenvalue weighted by atomic mass is 16.5. The molecule has 5 heterocycles. The Morgan fingerprint density at radius 1 is 1.22 bits per heavy atom. The first-order valence-corrected chi connectivity index (χ1v) is 12.0. The minimum Gasteiger partial charge on any atom is -0.377 e. The number of carbonyl (C=O) groups excluding carboxylic acids is 3. The first kappa shape index (κ1) is 25.1. The Bertz CT molecular complexity index is 1180. The van der Waals surface area contributed by atoms with E-state index in [1.807, 2.05) is 12.1 Å². The molecule has 2 fully saturated rings. The van der Waals surface area contributed by atoms with Crippen molar-refractivity contribution in [3.05, 3.63) is 40.7 Å². The Balaban J connectivity index is 0.000000179. The van der Waals surface area contributed by atoms with E-state index in [0.717, 1.165) is 54.8 Å². The minimum atomic E-state index is 0.124. The summed E-state index contributed by atoms with van der Waals surface area (Å²) >= 11 is 0. The Morgan fingerprint density at radius 3 is 2.64 bits per heavy atom. The quantitative estimate of drug-likeness (QED) is 0.554. The number of nitrogens with zero attached hydrogens (tertiary/aromatic N) is 5. The molecule has 0 radical (unpaired) electrons. The van der Waals surface area contributed by atoms with E-state index in [1.165, 1.54) is 4.90 Å². The van der Waals surface area contributed by atoms with Crippen molar-refractivity contribution >= 4 is 35.9 Å². The van der Waals surface area contributed by atoms with Crippen LogP contribution in [-0.4, -0.2) is 72.9 Å². The molecule has 2 aromatic rings. The molecule has 0 atom stereocenters. The molecule has 2 N–H and O–H groups in total. The molecule has 3 aliphatic rings. The number of amides is 2. The standard InChI is InChI=1S/C15H17N3O3.C10H12N4O/c19-9-13-12(8-17-5-2-4-14(17)21)7-11-3-1-6-18(10-20)15(11)16-13;1-12-10-2-9(7(3-11)4-13-10)14-8-5-15-6-8/h7,9-10H,1-6,8H2;2,4,8H,5-6H2,1H3,(H2,12,13,14). The zero-order chi connectivity index (χ0) is 25.5. The van der Waals surface area contributed by atoms with Gasteiger partial charge in [-0.2, -0.15) is 5.26 Å². The lowest BCUT2D eigenvalue weighted by molar-refractivity contribution is -0.128. The van der Waals surface area contributed by atoms with E-state index in [-0.39, 0.29) is 5.91 Å². The van der Waals surface area contributed by atoms with Crippen LogP contribution in [0.3, 0.4) is 0 Å². The fourth-order valence-corrected chi connectivity index (χ4v) is 4.33. The van der Waals surface area contributed by atoms with Gasteiger partial charge in [-0.1, -0.05) is 0 Å². The molecule has 11 heteroatoms. The van der Waals surface area contributed by atoms with Crippen LogP contribution >= 0.6 is 0 Å². The molecule has 11 nitrogen and oxygen atoms in total. The van der Waals surface area contributed by atoms with Gasteiger partial charge in [0.1, 0.15) is 23.4 Å². The van der Waals surface area contributed by atoms with E-state index in [4.69, 9.17) is 10.00 Å². The van der Waals surface area contributed by atoms with Crippen molar-refractivity contribution in [2.75, 3.05) is 48.9 Å². The fraction of sp³-hybridized carbons (Fsp3) is 0.440. The van der Waals surface area contributed by atoms with Crippen LogP contribution in [0.25, 0.3) is 0 Å². The van der Waals surface area contributed by atoms with E-state index >= 15 is 0 Å². The van der Waals surface area contributed by atoms with Crippen LogP contribution in [-0.2, 0) is 27.3 Å². The number of hydrogen-bond acceptors (Lipinski definition) is 9. The number of likely N-dealkylation sites (tertiary alicyclic amines) is 1. The smallest absolute Gasteiger partial charge is 0.222 e. The lowest BCUT2D eigenvalue weighted by Crippen LogP contribution is -2.40. The second-order valence-corrected chi connectivity index (χ2v) is 8.81. The molecule has 3 aliphatic heterocycles. The summed E-state index contributed by atoms with van der Waals surface area (Å²) < 4.78 is 5.06. The highest BCUT2D eigenvalue weighted by molar-refractivity contribution is 5.82. The van der Waals surface area contributed by atoms with E-state index in [9.17, 15) is 14.4 Å². The van der Waals surface area contributed by atoms with E-state index < -0.39 is 0 Å². The number of rotatable bonds is 7. The number of aromatic nitrogens is 2. The van der Waals surface area contributed by atoms with Gasteiger partial charge >= 0.3 is 0 Å². The van der Waals surface area contributed by atoms with Gasteiger partial charge in [0.15, 0.2) is 6.29 Å². The molecule has 0 unspecified atom stereocenters. The number of hydrogen-bond donors (Lipinski definition) is 2. The molecule has 2 amide bonds. The number of ether oxygens (including phenoxy) is 1. The van der Waals surface area contributed by atoms with Crippen LogP contribution in [0.5, 0.6) is 0 Å². The number of anilines is 3. The van der Waals surface area contributed by atoms with Gasteiger partial charge in [-0.25, -0.2) is 9.97 Å². The first-order chi connectivity index (χ1) is 17.6. The summed E-state index contributed by atoms with van der Waals surface area (Å²) in [4.78, 5) is 45.8. The Morgan fingerprint density at radius 2 is 2.03 bits per heavy atom. The topological polar surface area (TPSA) is 141 Å². The second kappa shape index (κ2) is 11.6. The number of aldehydes is 1. The molecular formula is C25H29N7O4. The van der Waals surface area contributed by atoms with Crippen LogP contribution in [0.15, 0.2) is 18.3 Å². The van der Waals surface area contributed by atoms with Crippen molar-refractivity contribution in [2.24, 2.45) is 0 Å². The van der Waals surface area contributed by atoms with Crippen LogP contribution in [0.2, 0.25) is 0 Å². The molecule has 0 saturated carbocycles. The summed E-state index contributed by atoms with van der Waals surface area (Å²) in [5, 5.41) is 15.1. The van der Waals surface area contributed by atoms with Gasteiger partial charge in [0.2, 0.25) is 12.3 Å². The molecule has 2 aromatic heterocycles. The van der Waals surface area contributed by atoms with Crippen molar-refractivity contribution in [3.8, 4) is 6.07 Å². The van der Waals surface area contributed by atoms with Crippen molar-refractivity contribution < 1.29 is 19.1 Å². The van der Waals surface area contributed by atoms with Gasteiger partial charge in [-0.15, -0.1) is 0 Å². The van der Waals surface area contributed by atoms with E-state index in [1.54, 1.807) is 18.1 Å². The summed E-state index contributed by atoms with van der Waals surface area (Å²) in [6.07, 6.45) is 6.19. The second-order valence-electron chi connectivity index (χ2n) is 8.81. The van der Waals surface area contributed by atoms with Crippen LogP contribution in [0.1, 0.15) is 46.4 Å². The molecule has 0 spiro atoms. The van der Waals surface area contributed by atoms with Gasteiger partial charge < -0.3 is 20.3 Å². The molecule has 5 rings (SSSR count). The summed E-state index contributed by atoms with van der Waals surface area (Å²) in [5.41, 5.74) is 3.43. The average molecular weight is 492 g/mol. The van der Waals surface area contributed by atoms with Gasteiger partial charge in [-0.05, 0) is 30.9 Å². The van der Waals surface area contributed by atoms with E-state index in [2.05, 4.69) is 26.7 Å². The van der Waals surface area contributed by atoms with Crippen LogP contribution in [0.4, 0.5) is 17.3 Å². The minimum absolute atomic E-state index is 0.124. The molecule has 0 bridgehead atoms. The third kappa shape index (κ3) is 5.60. The number of fused-ring (bicyclic) bond motifs is 1. The Labute approximate surface area is 209 Å². The lowest BCUT2D eigenvalue weighted by atomic mass is 10.0. The Kier molecular flexibility index (Phi) is 8.07. The zero-order valence-corrected chi connectivity index (χ0v) is 20.2. The maximum absolute atomic E-state index is 11.7. The first-order valence-electron chi connectivity index (χ1n) is 12.0. The highest BCUT2D eigenvalue weighted by Crippen LogP contribution is 2.27. The predicted octanol–water partition coefficient (Wildman–Crippen LogP) is 1.73. The zero-order valence-electron chi connectivity index (χ0n) is 20.2. The number of carbonyl (C=O) groups is 3. The normalized spacial score (nSPS) is 16.7. The maximum atomic E-state index is 11.7. The molecule has 36 heavy (non-hydrogen) atoms. The molecule has 0 aliphatic carbocycles. The summed E-state index contributed by atoms with van der Waals surface area (Å²) in [6.45, 7) is 3.18. The van der Waals surface area contributed by atoms with Gasteiger partial charge in [-0.3, -0.25) is 19.3 Å². The lowest BCUT2D eigenvalue weighted by Gasteiger charge is -2.28. The number of nitrogens with one attached hydrogen (secondary N) is 2. The number of pyridine rings is 2. The van der Waals surface area contributed by atoms with Crippen molar-refractivity contribution in [1.82, 2.24) is 14.9 Å². The van der Waals surface area contributed by atoms with Gasteiger partial charge in [0, 0.05) is 50.9 Å². The predicted molar refractivity (Wildman–Crippen MR) is 133 cm³/mol. The highest BCUT2D eigenvalue weighted by Gasteiger charge is 2.25. The van der Waals surface area contributed by atoms with Crippen molar-refractivity contribution in [2.45, 2.75) is 38.3 Å². The monoisotopic (exact) mass is 491 g/mol. The average Bonchev–Trinajstić information content (AvgIpc) is 3.29. The van der Waals surface area contributed by atoms with Crippen LogP contribution in [0, 0.1) is 11.3 Å². The fourth-order valence-electron chi connectivity index (χ4n) is 4.33. The molecular weight excluding hydrogens is 462 g/mol. The summed E-state index contributed by atoms with van der Waals surface area (Å²) in [7, 11) is 1.80. The van der Waals surface area contributed by atoms with E-state index in [0.29, 0.717) is 62.1 Å². The molecule has 0 aromatic carbocycles. The SMILES string of the molecule is CNc1cc(NC2COC2)c(C#N)cn1.O=Cc1nc2c(cc1CN1CCCC1=O)CCCN2C=O. The van der Waals surface area contributed by atoms with Gasteiger partial charge in [0.25, 0.3) is 0 Å². The summed E-state index contributed by atoms with van der Waals surface area (Å²) in [5.74, 6) is 1.45. The Hall–Kier alpha value is -4.04. The third-order valence-electron chi connectivity index (χ3n) is 6.36. The molecule has 2 saturated heterocycles. The number of aryl methyl sites for hydroxylation is 1.